The highest BCUT2D eigenvalue weighted by atomic mass is 16.1. The third-order valence-corrected chi connectivity index (χ3v) is 4.73. The van der Waals surface area contributed by atoms with Crippen LogP contribution in [0.25, 0.3) is 0 Å². The first kappa shape index (κ1) is 15.8. The lowest BCUT2D eigenvalue weighted by Gasteiger charge is -2.36. The zero-order valence-corrected chi connectivity index (χ0v) is 13.3. The highest BCUT2D eigenvalue weighted by Gasteiger charge is 2.39. The molecule has 3 unspecified atom stereocenters. The summed E-state index contributed by atoms with van der Waals surface area (Å²) in [5.41, 5.74) is 5.81. The molecule has 1 heterocycles. The van der Waals surface area contributed by atoms with Gasteiger partial charge in [-0.1, -0.05) is 12.8 Å². The summed E-state index contributed by atoms with van der Waals surface area (Å²) in [6, 6.07) is 0.894. The molecule has 3 N–H and O–H groups in total. The lowest BCUT2D eigenvalue weighted by atomic mass is 9.85. The zero-order valence-electron chi connectivity index (χ0n) is 13.3. The van der Waals surface area contributed by atoms with E-state index in [2.05, 4.69) is 10.2 Å². The van der Waals surface area contributed by atoms with Crippen LogP contribution in [0.2, 0.25) is 0 Å². The molecule has 4 heteroatoms. The average molecular weight is 281 g/mol. The van der Waals surface area contributed by atoms with E-state index < -0.39 is 0 Å². The molecule has 0 aromatic carbocycles. The van der Waals surface area contributed by atoms with Crippen LogP contribution < -0.4 is 11.1 Å². The number of fused-ring (bicyclic) bond motifs is 1. The Morgan fingerprint density at radius 1 is 1.30 bits per heavy atom. The van der Waals surface area contributed by atoms with Gasteiger partial charge in [0.25, 0.3) is 0 Å². The third kappa shape index (κ3) is 3.95. The van der Waals surface area contributed by atoms with Crippen LogP contribution in [-0.4, -0.2) is 41.5 Å². The first-order chi connectivity index (χ1) is 9.40. The first-order valence-electron chi connectivity index (χ1n) is 8.17. The number of hydrogen-bond donors (Lipinski definition) is 2. The van der Waals surface area contributed by atoms with Crippen molar-refractivity contribution in [2.24, 2.45) is 11.7 Å². The molecule has 1 aliphatic carbocycles. The summed E-state index contributed by atoms with van der Waals surface area (Å²) in [6.45, 7) is 7.78. The van der Waals surface area contributed by atoms with Crippen LogP contribution in [0.1, 0.15) is 59.3 Å². The standard InChI is InChI=1S/C16H31N3O/c1-16(2,3)18-15(20)10-13(11-17)19-9-8-12-6-4-5-7-14(12)19/h12-14H,4-11,17H2,1-3H3,(H,18,20). The lowest BCUT2D eigenvalue weighted by Crippen LogP contribution is -2.49. The summed E-state index contributed by atoms with van der Waals surface area (Å²) in [7, 11) is 0. The van der Waals surface area contributed by atoms with E-state index in [-0.39, 0.29) is 17.5 Å². The Hall–Kier alpha value is -0.610. The van der Waals surface area contributed by atoms with Gasteiger partial charge in [-0.15, -0.1) is 0 Å². The predicted octanol–water partition coefficient (Wildman–Crippen LogP) is 1.88. The molecule has 116 valence electrons. The monoisotopic (exact) mass is 281 g/mol. The summed E-state index contributed by atoms with van der Waals surface area (Å²) < 4.78 is 0. The fourth-order valence-electron chi connectivity index (χ4n) is 3.91. The van der Waals surface area contributed by atoms with Gasteiger partial charge in [-0.2, -0.15) is 0 Å². The van der Waals surface area contributed by atoms with E-state index >= 15 is 0 Å². The highest BCUT2D eigenvalue weighted by Crippen LogP contribution is 2.37. The summed E-state index contributed by atoms with van der Waals surface area (Å²) in [5, 5.41) is 3.06. The molecular weight excluding hydrogens is 250 g/mol. The molecule has 2 rings (SSSR count). The van der Waals surface area contributed by atoms with Crippen molar-refractivity contribution in [3.8, 4) is 0 Å². The Morgan fingerprint density at radius 2 is 2.00 bits per heavy atom. The molecule has 0 aromatic rings. The van der Waals surface area contributed by atoms with Gasteiger partial charge in [0.15, 0.2) is 0 Å². The van der Waals surface area contributed by atoms with Crippen molar-refractivity contribution in [1.29, 1.82) is 0 Å². The lowest BCUT2D eigenvalue weighted by molar-refractivity contribution is -0.123. The topological polar surface area (TPSA) is 58.4 Å². The number of carbonyl (C=O) groups excluding carboxylic acids is 1. The van der Waals surface area contributed by atoms with Crippen LogP contribution in [0.5, 0.6) is 0 Å². The molecule has 4 nitrogen and oxygen atoms in total. The number of nitrogens with zero attached hydrogens (tertiary/aromatic N) is 1. The third-order valence-electron chi connectivity index (χ3n) is 4.73. The van der Waals surface area contributed by atoms with E-state index in [1.807, 2.05) is 20.8 Å². The summed E-state index contributed by atoms with van der Waals surface area (Å²) in [6.07, 6.45) is 7.21. The number of amides is 1. The number of rotatable bonds is 4. The van der Waals surface area contributed by atoms with E-state index in [1.165, 1.54) is 32.1 Å². The van der Waals surface area contributed by atoms with Crippen LogP contribution in [-0.2, 0) is 4.79 Å². The van der Waals surface area contributed by atoms with Crippen molar-refractivity contribution in [3.05, 3.63) is 0 Å². The molecular formula is C16H31N3O. The number of nitrogens with two attached hydrogens (primary N) is 1. The van der Waals surface area contributed by atoms with Gasteiger partial charge in [-0.25, -0.2) is 0 Å². The number of carbonyl (C=O) groups is 1. The predicted molar refractivity (Wildman–Crippen MR) is 82.4 cm³/mol. The SMILES string of the molecule is CC(C)(C)NC(=O)CC(CN)N1CCC2CCCCC21. The Labute approximate surface area is 123 Å². The fraction of sp³-hybridized carbons (Fsp3) is 0.938. The van der Waals surface area contributed by atoms with Gasteiger partial charge in [0, 0.05) is 30.6 Å². The molecule has 1 saturated carbocycles. The summed E-state index contributed by atoms with van der Waals surface area (Å²) >= 11 is 0. The van der Waals surface area contributed by atoms with E-state index in [1.54, 1.807) is 0 Å². The molecule has 0 bridgehead atoms. The molecule has 20 heavy (non-hydrogen) atoms. The maximum absolute atomic E-state index is 12.2. The maximum atomic E-state index is 12.2. The van der Waals surface area contributed by atoms with Crippen molar-refractivity contribution in [1.82, 2.24) is 10.2 Å². The Balaban J connectivity index is 1.93. The zero-order chi connectivity index (χ0) is 14.8. The number of likely N-dealkylation sites (tertiary alicyclic amines) is 1. The van der Waals surface area contributed by atoms with E-state index in [9.17, 15) is 4.79 Å². The molecule has 0 aromatic heterocycles. The van der Waals surface area contributed by atoms with Crippen LogP contribution in [0.15, 0.2) is 0 Å². The second-order valence-electron chi connectivity index (χ2n) is 7.53. The van der Waals surface area contributed by atoms with E-state index in [0.717, 1.165) is 12.5 Å². The van der Waals surface area contributed by atoms with Gasteiger partial charge in [0.1, 0.15) is 0 Å². The maximum Gasteiger partial charge on any atom is 0.222 e. The van der Waals surface area contributed by atoms with Crippen LogP contribution in [0.4, 0.5) is 0 Å². The first-order valence-corrected chi connectivity index (χ1v) is 8.17. The second-order valence-corrected chi connectivity index (χ2v) is 7.53. The molecule has 3 atom stereocenters. The largest absolute Gasteiger partial charge is 0.351 e. The van der Waals surface area contributed by atoms with Crippen LogP contribution in [0, 0.1) is 5.92 Å². The Kier molecular flexibility index (Phi) is 5.08. The molecule has 2 aliphatic rings. The Bertz CT molecular complexity index is 337. The minimum atomic E-state index is -0.158. The van der Waals surface area contributed by atoms with Gasteiger partial charge >= 0.3 is 0 Å². The molecule has 0 radical (unpaired) electrons. The second kappa shape index (κ2) is 6.44. The van der Waals surface area contributed by atoms with Crippen molar-refractivity contribution in [2.75, 3.05) is 13.1 Å². The van der Waals surface area contributed by atoms with Crippen molar-refractivity contribution >= 4 is 5.91 Å². The number of hydrogen-bond acceptors (Lipinski definition) is 3. The van der Waals surface area contributed by atoms with Crippen molar-refractivity contribution < 1.29 is 4.79 Å². The highest BCUT2D eigenvalue weighted by molar-refractivity contribution is 5.77. The Morgan fingerprint density at radius 3 is 2.65 bits per heavy atom. The summed E-state index contributed by atoms with van der Waals surface area (Å²) in [5.74, 6) is 0.982. The van der Waals surface area contributed by atoms with E-state index in [4.69, 9.17) is 5.73 Å². The fourth-order valence-corrected chi connectivity index (χ4v) is 3.91. The molecule has 2 fully saturated rings. The van der Waals surface area contributed by atoms with Crippen LogP contribution in [0.3, 0.4) is 0 Å². The van der Waals surface area contributed by atoms with Gasteiger partial charge in [0.2, 0.25) is 5.91 Å². The smallest absolute Gasteiger partial charge is 0.222 e. The van der Waals surface area contributed by atoms with Gasteiger partial charge < -0.3 is 11.1 Å². The average Bonchev–Trinajstić information content (AvgIpc) is 2.77. The molecule has 1 saturated heterocycles. The van der Waals surface area contributed by atoms with Crippen molar-refractivity contribution in [3.63, 3.8) is 0 Å². The van der Waals surface area contributed by atoms with E-state index in [0.29, 0.717) is 19.0 Å². The minimum absolute atomic E-state index is 0.132. The number of nitrogens with one attached hydrogen (secondary N) is 1. The van der Waals surface area contributed by atoms with Crippen molar-refractivity contribution in [2.45, 2.75) is 76.9 Å². The van der Waals surface area contributed by atoms with Crippen LogP contribution >= 0.6 is 0 Å². The normalized spacial score (nSPS) is 29.0. The molecule has 1 aliphatic heterocycles. The van der Waals surface area contributed by atoms with Gasteiger partial charge in [0.05, 0.1) is 0 Å². The minimum Gasteiger partial charge on any atom is -0.351 e. The summed E-state index contributed by atoms with van der Waals surface area (Å²) in [4.78, 5) is 14.7. The van der Waals surface area contributed by atoms with Gasteiger partial charge in [-0.3, -0.25) is 9.69 Å². The molecule has 0 spiro atoms. The molecule has 1 amide bonds. The van der Waals surface area contributed by atoms with Gasteiger partial charge in [-0.05, 0) is 52.5 Å². The quantitative estimate of drug-likeness (QED) is 0.827.